The van der Waals surface area contributed by atoms with Crippen molar-refractivity contribution in [3.05, 3.63) is 41.5 Å². The lowest BCUT2D eigenvalue weighted by Gasteiger charge is -2.35. The van der Waals surface area contributed by atoms with Crippen LogP contribution in [0.4, 0.5) is 10.1 Å². The van der Waals surface area contributed by atoms with Crippen LogP contribution >= 0.6 is 0 Å². The molecule has 2 aromatic rings. The molecule has 3 rings (SSSR count). The van der Waals surface area contributed by atoms with Gasteiger partial charge in [-0.2, -0.15) is 5.10 Å². The van der Waals surface area contributed by atoms with Crippen molar-refractivity contribution in [2.24, 2.45) is 7.05 Å². The number of nitrogens with zero attached hydrogens (tertiary/aromatic N) is 3. The molecule has 7 heteroatoms. The predicted octanol–water partition coefficient (Wildman–Crippen LogP) is 2.40. The summed E-state index contributed by atoms with van der Waals surface area (Å²) in [5.74, 6) is -0.344. The van der Waals surface area contributed by atoms with Crippen LogP contribution in [0.3, 0.4) is 0 Å². The Labute approximate surface area is 129 Å². The molecule has 0 amide bonds. The molecule has 0 radical (unpaired) electrons. The van der Waals surface area contributed by atoms with Gasteiger partial charge in [-0.1, -0.05) is 0 Å². The van der Waals surface area contributed by atoms with E-state index in [1.54, 1.807) is 20.0 Å². The van der Waals surface area contributed by atoms with Crippen molar-refractivity contribution in [1.82, 2.24) is 9.78 Å². The highest BCUT2D eigenvalue weighted by atomic mass is 32.2. The predicted molar refractivity (Wildman–Crippen MR) is 81.8 cm³/mol. The Morgan fingerprint density at radius 1 is 1.36 bits per heavy atom. The Bertz CT molecular complexity index is 829. The van der Waals surface area contributed by atoms with E-state index in [1.165, 1.54) is 27.3 Å². The molecule has 0 spiro atoms. The smallest absolute Gasteiger partial charge is 0.267 e. The average Bonchev–Trinajstić information content (AvgIpc) is 2.78. The van der Waals surface area contributed by atoms with Gasteiger partial charge in [0.1, 0.15) is 10.7 Å². The molecular weight excluding hydrogens is 305 g/mol. The molecule has 1 aromatic heterocycles. The fraction of sp³-hybridized carbons (Fsp3) is 0.400. The van der Waals surface area contributed by atoms with E-state index in [4.69, 9.17) is 0 Å². The quantitative estimate of drug-likeness (QED) is 0.853. The van der Waals surface area contributed by atoms with Crippen LogP contribution in [0, 0.1) is 12.7 Å². The molecule has 1 aliphatic rings. The highest BCUT2D eigenvalue weighted by molar-refractivity contribution is 7.93. The molecule has 2 heterocycles. The maximum atomic E-state index is 13.4. The van der Waals surface area contributed by atoms with Crippen LogP contribution in [0.2, 0.25) is 0 Å². The minimum absolute atomic E-state index is 0.178. The highest BCUT2D eigenvalue weighted by Crippen LogP contribution is 2.36. The lowest BCUT2D eigenvalue weighted by atomic mass is 9.99. The van der Waals surface area contributed by atoms with E-state index in [1.807, 2.05) is 6.92 Å². The lowest BCUT2D eigenvalue weighted by molar-refractivity contribution is 0.559. The van der Waals surface area contributed by atoms with Crippen molar-refractivity contribution in [2.75, 3.05) is 4.31 Å². The molecule has 0 saturated carbocycles. The summed E-state index contributed by atoms with van der Waals surface area (Å²) in [4.78, 5) is 0.194. The Hall–Kier alpha value is -1.89. The summed E-state index contributed by atoms with van der Waals surface area (Å²) in [6.45, 7) is 3.54. The largest absolute Gasteiger partial charge is 0.274 e. The van der Waals surface area contributed by atoms with E-state index >= 15 is 0 Å². The normalized spacial score (nSPS) is 18.4. The highest BCUT2D eigenvalue weighted by Gasteiger charge is 2.35. The third-order valence-electron chi connectivity index (χ3n) is 4.02. The third-order valence-corrected chi connectivity index (χ3v) is 6.05. The molecule has 1 unspecified atom stereocenters. The topological polar surface area (TPSA) is 55.2 Å². The average molecular weight is 323 g/mol. The number of halogens is 1. The zero-order valence-electron chi connectivity index (χ0n) is 12.7. The van der Waals surface area contributed by atoms with Crippen LogP contribution < -0.4 is 4.31 Å². The van der Waals surface area contributed by atoms with Crippen LogP contribution in [0.25, 0.3) is 0 Å². The fourth-order valence-corrected chi connectivity index (χ4v) is 4.92. The van der Waals surface area contributed by atoms with Crippen molar-refractivity contribution < 1.29 is 12.8 Å². The van der Waals surface area contributed by atoms with Crippen LogP contribution in [0.5, 0.6) is 0 Å². The Balaban J connectivity index is 2.17. The second kappa shape index (κ2) is 5.08. The number of fused-ring (bicyclic) bond motifs is 1. The van der Waals surface area contributed by atoms with Crippen molar-refractivity contribution in [1.29, 1.82) is 0 Å². The van der Waals surface area contributed by atoms with E-state index in [0.29, 0.717) is 24.2 Å². The van der Waals surface area contributed by atoms with Gasteiger partial charge < -0.3 is 0 Å². The van der Waals surface area contributed by atoms with Gasteiger partial charge in [0.05, 0.1) is 11.4 Å². The first kappa shape index (κ1) is 15.0. The molecule has 1 atom stereocenters. The Morgan fingerprint density at radius 3 is 2.73 bits per heavy atom. The molecule has 0 bridgehead atoms. The SMILES string of the molecule is Cc1nn(C)cc1S(=O)(=O)N1c2ccc(F)cc2CCC1C. The van der Waals surface area contributed by atoms with Gasteiger partial charge in [0.15, 0.2) is 0 Å². The number of hydrogen-bond donors (Lipinski definition) is 0. The molecule has 0 aliphatic carbocycles. The van der Waals surface area contributed by atoms with Gasteiger partial charge in [-0.05, 0) is 50.5 Å². The van der Waals surface area contributed by atoms with E-state index in [-0.39, 0.29) is 16.8 Å². The number of rotatable bonds is 2. The van der Waals surface area contributed by atoms with E-state index < -0.39 is 10.0 Å². The lowest BCUT2D eigenvalue weighted by Crippen LogP contribution is -2.42. The van der Waals surface area contributed by atoms with Gasteiger partial charge in [-0.25, -0.2) is 12.8 Å². The van der Waals surface area contributed by atoms with Crippen LogP contribution in [0.1, 0.15) is 24.6 Å². The van der Waals surface area contributed by atoms with Crippen LogP contribution in [0.15, 0.2) is 29.3 Å². The summed E-state index contributed by atoms with van der Waals surface area (Å²) in [6.07, 6.45) is 2.84. The van der Waals surface area contributed by atoms with Crippen molar-refractivity contribution in [3.63, 3.8) is 0 Å². The second-order valence-electron chi connectivity index (χ2n) is 5.71. The maximum Gasteiger partial charge on any atom is 0.267 e. The fourth-order valence-electron chi connectivity index (χ4n) is 2.99. The molecule has 5 nitrogen and oxygen atoms in total. The summed E-state index contributed by atoms with van der Waals surface area (Å²) in [5.41, 5.74) is 1.75. The molecule has 22 heavy (non-hydrogen) atoms. The Morgan fingerprint density at radius 2 is 2.09 bits per heavy atom. The van der Waals surface area contributed by atoms with E-state index in [0.717, 1.165) is 5.56 Å². The summed E-state index contributed by atoms with van der Waals surface area (Å²) < 4.78 is 42.4. The summed E-state index contributed by atoms with van der Waals surface area (Å²) in [7, 11) is -2.03. The van der Waals surface area contributed by atoms with Crippen LogP contribution in [-0.4, -0.2) is 24.2 Å². The first-order chi connectivity index (χ1) is 10.3. The van der Waals surface area contributed by atoms with Gasteiger partial charge >= 0.3 is 0 Å². The number of anilines is 1. The molecule has 1 aliphatic heterocycles. The van der Waals surface area contributed by atoms with Gasteiger partial charge in [0.2, 0.25) is 0 Å². The zero-order valence-corrected chi connectivity index (χ0v) is 13.6. The second-order valence-corrected chi connectivity index (χ2v) is 7.50. The third kappa shape index (κ3) is 2.29. The van der Waals surface area contributed by atoms with E-state index in [9.17, 15) is 12.8 Å². The molecule has 0 N–H and O–H groups in total. The molecule has 0 saturated heterocycles. The molecule has 1 aromatic carbocycles. The molecule has 0 fully saturated rings. The van der Waals surface area contributed by atoms with Crippen molar-refractivity contribution >= 4 is 15.7 Å². The number of aryl methyl sites for hydroxylation is 3. The number of benzene rings is 1. The van der Waals surface area contributed by atoms with Crippen molar-refractivity contribution in [3.8, 4) is 0 Å². The standard InChI is InChI=1S/C15H18FN3O2S/c1-10-4-5-12-8-13(16)6-7-14(12)19(10)22(20,21)15-9-18(3)17-11(15)2/h6-10H,4-5H2,1-3H3. The van der Waals surface area contributed by atoms with Gasteiger partial charge in [0, 0.05) is 19.3 Å². The van der Waals surface area contributed by atoms with E-state index in [2.05, 4.69) is 5.10 Å². The summed E-state index contributed by atoms with van der Waals surface area (Å²) in [6, 6.07) is 4.08. The first-order valence-corrected chi connectivity index (χ1v) is 8.58. The maximum absolute atomic E-state index is 13.4. The van der Waals surface area contributed by atoms with Gasteiger partial charge in [0.25, 0.3) is 10.0 Å². The monoisotopic (exact) mass is 323 g/mol. The first-order valence-electron chi connectivity index (χ1n) is 7.14. The number of aromatic nitrogens is 2. The summed E-state index contributed by atoms with van der Waals surface area (Å²) in [5, 5.41) is 4.12. The molecular formula is C15H18FN3O2S. The number of hydrogen-bond acceptors (Lipinski definition) is 3. The number of sulfonamides is 1. The van der Waals surface area contributed by atoms with Gasteiger partial charge in [-0.3, -0.25) is 8.99 Å². The summed E-state index contributed by atoms with van der Waals surface area (Å²) >= 11 is 0. The molecule has 118 valence electrons. The van der Waals surface area contributed by atoms with Gasteiger partial charge in [-0.15, -0.1) is 0 Å². The van der Waals surface area contributed by atoms with Crippen LogP contribution in [-0.2, 0) is 23.5 Å². The Kier molecular flexibility index (Phi) is 3.47. The minimum atomic E-state index is -3.72. The zero-order chi connectivity index (χ0) is 16.1. The van der Waals surface area contributed by atoms with Crippen molar-refractivity contribution in [2.45, 2.75) is 37.6 Å². The minimum Gasteiger partial charge on any atom is -0.274 e.